The van der Waals surface area contributed by atoms with Crippen LogP contribution >= 0.6 is 11.6 Å². The van der Waals surface area contributed by atoms with Crippen molar-refractivity contribution >= 4 is 29.2 Å². The summed E-state index contributed by atoms with van der Waals surface area (Å²) in [4.78, 5) is 24.1. The molecule has 0 heterocycles. The van der Waals surface area contributed by atoms with Gasteiger partial charge in [0.05, 0.1) is 17.2 Å². The summed E-state index contributed by atoms with van der Waals surface area (Å²) in [6.07, 6.45) is -0.700. The van der Waals surface area contributed by atoms with E-state index in [0.29, 0.717) is 11.4 Å². The van der Waals surface area contributed by atoms with E-state index in [0.717, 1.165) is 0 Å². The summed E-state index contributed by atoms with van der Waals surface area (Å²) >= 11 is 6.00. The topological polar surface area (TPSA) is 64.6 Å². The van der Waals surface area contributed by atoms with Gasteiger partial charge in [-0.2, -0.15) is 0 Å². The van der Waals surface area contributed by atoms with E-state index in [9.17, 15) is 9.59 Å². The van der Waals surface area contributed by atoms with E-state index in [-0.39, 0.29) is 23.1 Å². The third-order valence-electron chi connectivity index (χ3n) is 3.15. The van der Waals surface area contributed by atoms with Crippen LogP contribution in [0.15, 0.2) is 48.5 Å². The fourth-order valence-corrected chi connectivity index (χ4v) is 2.16. The maximum Gasteiger partial charge on any atom is 0.339 e. The largest absolute Gasteiger partial charge is 0.481 e. The molecule has 5 nitrogen and oxygen atoms in total. The van der Waals surface area contributed by atoms with E-state index < -0.39 is 12.1 Å². The Hall–Kier alpha value is -2.53. The van der Waals surface area contributed by atoms with Crippen LogP contribution in [0.3, 0.4) is 0 Å². The lowest BCUT2D eigenvalue weighted by Gasteiger charge is -2.15. The molecule has 2 rings (SSSR count). The van der Waals surface area contributed by atoms with Gasteiger partial charge in [0.25, 0.3) is 5.91 Å². The molecule has 0 aliphatic rings. The summed E-state index contributed by atoms with van der Waals surface area (Å²) in [7, 11) is 0. The van der Waals surface area contributed by atoms with Gasteiger partial charge in [-0.1, -0.05) is 29.8 Å². The molecule has 0 bridgehead atoms. The van der Waals surface area contributed by atoms with Crippen LogP contribution in [0, 0.1) is 0 Å². The molecule has 2 aromatic carbocycles. The van der Waals surface area contributed by atoms with E-state index in [1.807, 2.05) is 18.2 Å². The zero-order valence-electron chi connectivity index (χ0n) is 13.4. The number of hydrogen-bond acceptors (Lipinski definition) is 4. The molecule has 1 unspecified atom stereocenters. The lowest BCUT2D eigenvalue weighted by Crippen LogP contribution is -2.30. The summed E-state index contributed by atoms with van der Waals surface area (Å²) in [5, 5.41) is 2.96. The fraction of sp³-hybridized carbons (Fsp3) is 0.222. The number of ether oxygens (including phenoxy) is 2. The first kappa shape index (κ1) is 17.8. The second-order valence-corrected chi connectivity index (χ2v) is 5.38. The van der Waals surface area contributed by atoms with Crippen molar-refractivity contribution in [3.63, 3.8) is 0 Å². The molecule has 1 atom stereocenters. The molecule has 24 heavy (non-hydrogen) atoms. The molecular formula is C18H18ClNO4. The highest BCUT2D eigenvalue weighted by atomic mass is 35.5. The third kappa shape index (κ3) is 4.73. The van der Waals surface area contributed by atoms with Crippen molar-refractivity contribution in [3.8, 4) is 5.75 Å². The second-order valence-electron chi connectivity index (χ2n) is 4.98. The Morgan fingerprint density at radius 1 is 1.17 bits per heavy atom. The lowest BCUT2D eigenvalue weighted by molar-refractivity contribution is -0.122. The average Bonchev–Trinajstić information content (AvgIpc) is 2.57. The standard InChI is InChI=1S/C18H18ClNO4/c1-3-23-18(22)15-11-13(9-10-16(15)19)20-17(21)12(2)24-14-7-5-4-6-8-14/h4-12H,3H2,1-2H3,(H,20,21). The van der Waals surface area contributed by atoms with Crippen LogP contribution in [0.2, 0.25) is 5.02 Å². The third-order valence-corrected chi connectivity index (χ3v) is 3.48. The minimum Gasteiger partial charge on any atom is -0.481 e. The normalized spacial score (nSPS) is 11.5. The number of benzene rings is 2. The quantitative estimate of drug-likeness (QED) is 0.804. The van der Waals surface area contributed by atoms with E-state index in [4.69, 9.17) is 21.1 Å². The predicted octanol–water partition coefficient (Wildman–Crippen LogP) is 3.92. The first-order chi connectivity index (χ1) is 11.5. The van der Waals surface area contributed by atoms with Crippen molar-refractivity contribution in [2.45, 2.75) is 20.0 Å². The van der Waals surface area contributed by atoms with Crippen LogP contribution in [0.5, 0.6) is 5.75 Å². The molecule has 0 aromatic heterocycles. The number of amides is 1. The molecular weight excluding hydrogens is 330 g/mol. The van der Waals surface area contributed by atoms with Crippen LogP contribution in [0.25, 0.3) is 0 Å². The summed E-state index contributed by atoms with van der Waals surface area (Å²) in [6, 6.07) is 13.7. The zero-order chi connectivity index (χ0) is 17.5. The number of esters is 1. The molecule has 1 amide bonds. The maximum atomic E-state index is 12.2. The lowest BCUT2D eigenvalue weighted by atomic mass is 10.2. The van der Waals surface area contributed by atoms with Gasteiger partial charge in [-0.05, 0) is 44.2 Å². The Morgan fingerprint density at radius 2 is 1.88 bits per heavy atom. The smallest absolute Gasteiger partial charge is 0.339 e. The van der Waals surface area contributed by atoms with Gasteiger partial charge in [0.15, 0.2) is 6.10 Å². The van der Waals surface area contributed by atoms with Crippen molar-refractivity contribution in [2.75, 3.05) is 11.9 Å². The first-order valence-corrected chi connectivity index (χ1v) is 7.88. The Labute approximate surface area is 145 Å². The van der Waals surface area contributed by atoms with E-state index in [1.165, 1.54) is 12.1 Å². The number of rotatable bonds is 6. The van der Waals surface area contributed by atoms with Gasteiger partial charge in [-0.25, -0.2) is 4.79 Å². The number of carbonyl (C=O) groups excluding carboxylic acids is 2. The number of halogens is 1. The molecule has 0 saturated carbocycles. The highest BCUT2D eigenvalue weighted by Crippen LogP contribution is 2.22. The minimum absolute atomic E-state index is 0.202. The molecule has 6 heteroatoms. The van der Waals surface area contributed by atoms with Gasteiger partial charge in [-0.3, -0.25) is 4.79 Å². The summed E-state index contributed by atoms with van der Waals surface area (Å²) in [6.45, 7) is 3.60. The van der Waals surface area contributed by atoms with E-state index >= 15 is 0 Å². The number of para-hydroxylation sites is 1. The van der Waals surface area contributed by atoms with Crippen LogP contribution in [0.1, 0.15) is 24.2 Å². The summed E-state index contributed by atoms with van der Waals surface area (Å²) in [5.41, 5.74) is 0.643. The molecule has 0 radical (unpaired) electrons. The highest BCUT2D eigenvalue weighted by molar-refractivity contribution is 6.33. The molecule has 0 aliphatic heterocycles. The number of hydrogen-bond donors (Lipinski definition) is 1. The second kappa shape index (κ2) is 8.36. The van der Waals surface area contributed by atoms with Crippen molar-refractivity contribution < 1.29 is 19.1 Å². The van der Waals surface area contributed by atoms with E-state index in [1.54, 1.807) is 32.0 Å². The summed E-state index contributed by atoms with van der Waals surface area (Å²) < 4.78 is 10.5. The first-order valence-electron chi connectivity index (χ1n) is 7.50. The number of anilines is 1. The van der Waals surface area contributed by atoms with Crippen LogP contribution in [0.4, 0.5) is 5.69 Å². The van der Waals surface area contributed by atoms with Crippen LogP contribution in [-0.4, -0.2) is 24.6 Å². The Balaban J connectivity index is 2.05. The SMILES string of the molecule is CCOC(=O)c1cc(NC(=O)C(C)Oc2ccccc2)ccc1Cl. The number of carbonyl (C=O) groups is 2. The van der Waals surface area contributed by atoms with Crippen molar-refractivity contribution in [3.05, 3.63) is 59.1 Å². The zero-order valence-corrected chi connectivity index (χ0v) is 14.2. The molecule has 0 fully saturated rings. The molecule has 2 aromatic rings. The van der Waals surface area contributed by atoms with Crippen molar-refractivity contribution in [1.82, 2.24) is 0 Å². The van der Waals surface area contributed by atoms with Crippen molar-refractivity contribution in [1.29, 1.82) is 0 Å². The predicted molar refractivity (Wildman–Crippen MR) is 92.6 cm³/mol. The number of nitrogens with one attached hydrogen (secondary N) is 1. The average molecular weight is 348 g/mol. The molecule has 0 aliphatic carbocycles. The van der Waals surface area contributed by atoms with Crippen LogP contribution < -0.4 is 10.1 Å². The molecule has 0 spiro atoms. The van der Waals surface area contributed by atoms with Gasteiger partial charge in [0.1, 0.15) is 5.75 Å². The Morgan fingerprint density at radius 3 is 2.54 bits per heavy atom. The van der Waals surface area contributed by atoms with Gasteiger partial charge >= 0.3 is 5.97 Å². The molecule has 0 saturated heterocycles. The molecule has 126 valence electrons. The minimum atomic E-state index is -0.700. The van der Waals surface area contributed by atoms with Gasteiger partial charge in [0.2, 0.25) is 0 Å². The van der Waals surface area contributed by atoms with Crippen molar-refractivity contribution in [2.24, 2.45) is 0 Å². The maximum absolute atomic E-state index is 12.2. The fourth-order valence-electron chi connectivity index (χ4n) is 1.97. The highest BCUT2D eigenvalue weighted by Gasteiger charge is 2.17. The van der Waals surface area contributed by atoms with Crippen LogP contribution in [-0.2, 0) is 9.53 Å². The Bertz CT molecular complexity index is 718. The Kier molecular flexibility index (Phi) is 6.21. The monoisotopic (exact) mass is 347 g/mol. The van der Waals surface area contributed by atoms with Gasteiger partial charge in [0, 0.05) is 5.69 Å². The van der Waals surface area contributed by atoms with E-state index in [2.05, 4.69) is 5.32 Å². The summed E-state index contributed by atoms with van der Waals surface area (Å²) in [5.74, 6) is -0.272. The van der Waals surface area contributed by atoms with Gasteiger partial charge < -0.3 is 14.8 Å². The van der Waals surface area contributed by atoms with Gasteiger partial charge in [-0.15, -0.1) is 0 Å². The molecule has 1 N–H and O–H groups in total.